The number of methoxy groups -OCH3 is 1. The zero-order valence-corrected chi connectivity index (χ0v) is 22.3. The van der Waals surface area contributed by atoms with Gasteiger partial charge in [-0.05, 0) is 48.1 Å². The summed E-state index contributed by atoms with van der Waals surface area (Å²) < 4.78 is 16.6. The van der Waals surface area contributed by atoms with Gasteiger partial charge in [0.2, 0.25) is 0 Å². The molecule has 0 saturated carbocycles. The lowest BCUT2D eigenvalue weighted by molar-refractivity contribution is -0.147. The minimum atomic E-state index is -0.686. The van der Waals surface area contributed by atoms with Crippen LogP contribution < -0.4 is 4.74 Å². The van der Waals surface area contributed by atoms with Crippen LogP contribution in [0.25, 0.3) is 0 Å². The quantitative estimate of drug-likeness (QED) is 0.253. The topological polar surface area (TPSA) is 74.2 Å². The zero-order valence-electron chi connectivity index (χ0n) is 22.3. The number of Topliss-reactive ketones (excluding diaryl/α,β-unsaturated/α-hetero) is 1. The van der Waals surface area contributed by atoms with Crippen LogP contribution in [0.1, 0.15) is 48.3 Å². The molecule has 0 aromatic heterocycles. The minimum absolute atomic E-state index is 0.0328. The number of hydrogen-bond acceptors (Lipinski definition) is 6. The molecule has 0 amide bonds. The van der Waals surface area contributed by atoms with Crippen molar-refractivity contribution >= 4 is 17.5 Å². The first kappa shape index (κ1) is 26.6. The summed E-state index contributed by atoms with van der Waals surface area (Å²) in [6.45, 7) is 2.76. The van der Waals surface area contributed by atoms with Crippen LogP contribution in [-0.2, 0) is 25.7 Å². The van der Waals surface area contributed by atoms with E-state index in [0.29, 0.717) is 37.3 Å². The standard InChI is InChI=1S/C33H33NO5/c1-22-30(33(36)38-18-17-37-2)31(25-13-15-27(16-14-25)39-21-23-9-5-3-6-10-23)32-28(34-22)19-26(20-29(32)35)24-11-7-4-8-12-24/h3-16,26,30-31H,17-21H2,1-2H3/t26-,30?,31-/m1/s1. The number of carbonyl (C=O) groups is 2. The predicted octanol–water partition coefficient (Wildman–Crippen LogP) is 6.03. The smallest absolute Gasteiger partial charge is 0.315 e. The summed E-state index contributed by atoms with van der Waals surface area (Å²) in [6, 6.07) is 27.7. The molecule has 5 rings (SSSR count). The fourth-order valence-corrected chi connectivity index (χ4v) is 5.51. The van der Waals surface area contributed by atoms with E-state index < -0.39 is 17.8 Å². The van der Waals surface area contributed by atoms with Gasteiger partial charge in [-0.1, -0.05) is 72.8 Å². The molecular weight excluding hydrogens is 490 g/mol. The lowest BCUT2D eigenvalue weighted by Crippen LogP contribution is -2.38. The van der Waals surface area contributed by atoms with E-state index in [2.05, 4.69) is 12.1 Å². The largest absolute Gasteiger partial charge is 0.489 e. The normalized spacial score (nSPS) is 20.7. The van der Waals surface area contributed by atoms with E-state index in [1.807, 2.05) is 79.7 Å². The molecule has 200 valence electrons. The molecule has 0 fully saturated rings. The average Bonchev–Trinajstić information content (AvgIpc) is 2.96. The summed E-state index contributed by atoms with van der Waals surface area (Å²) in [5.74, 6) is -0.739. The zero-order chi connectivity index (χ0) is 27.2. The Bertz CT molecular complexity index is 1360. The molecule has 0 saturated heterocycles. The molecule has 0 radical (unpaired) electrons. The Balaban J connectivity index is 1.45. The summed E-state index contributed by atoms with van der Waals surface area (Å²) in [5.41, 5.74) is 5.13. The Morgan fingerprint density at radius 2 is 1.56 bits per heavy atom. The molecule has 3 atom stereocenters. The van der Waals surface area contributed by atoms with Gasteiger partial charge >= 0.3 is 5.97 Å². The van der Waals surface area contributed by atoms with E-state index in [0.717, 1.165) is 28.1 Å². The molecule has 39 heavy (non-hydrogen) atoms. The molecule has 3 aromatic rings. The Kier molecular flexibility index (Phi) is 8.33. The van der Waals surface area contributed by atoms with Crippen LogP contribution in [0.4, 0.5) is 0 Å². The molecule has 3 aromatic carbocycles. The summed E-state index contributed by atoms with van der Waals surface area (Å²) in [4.78, 5) is 31.9. The van der Waals surface area contributed by atoms with E-state index in [9.17, 15) is 9.59 Å². The van der Waals surface area contributed by atoms with E-state index in [1.54, 1.807) is 7.11 Å². The molecule has 6 heteroatoms. The van der Waals surface area contributed by atoms with E-state index in [-0.39, 0.29) is 18.3 Å². The number of esters is 1. The monoisotopic (exact) mass is 523 g/mol. The maximum Gasteiger partial charge on any atom is 0.315 e. The summed E-state index contributed by atoms with van der Waals surface area (Å²) in [7, 11) is 1.56. The molecule has 1 unspecified atom stereocenters. The molecule has 0 bridgehead atoms. The molecule has 0 spiro atoms. The number of carbonyl (C=O) groups excluding carboxylic acids is 2. The average molecular weight is 524 g/mol. The highest BCUT2D eigenvalue weighted by Crippen LogP contribution is 2.47. The second kappa shape index (κ2) is 12.2. The third kappa shape index (κ3) is 6.02. The van der Waals surface area contributed by atoms with Crippen LogP contribution in [0.15, 0.2) is 101 Å². The van der Waals surface area contributed by atoms with Crippen molar-refractivity contribution < 1.29 is 23.8 Å². The van der Waals surface area contributed by atoms with Crippen molar-refractivity contribution in [2.75, 3.05) is 20.3 Å². The number of allylic oxidation sites excluding steroid dienone is 2. The summed E-state index contributed by atoms with van der Waals surface area (Å²) in [5, 5.41) is 0. The van der Waals surface area contributed by atoms with Gasteiger partial charge in [0.25, 0.3) is 0 Å². The number of aliphatic imine (C=N–C) groups is 1. The molecule has 0 N–H and O–H groups in total. The highest BCUT2D eigenvalue weighted by Gasteiger charge is 2.44. The number of ketones is 1. The Labute approximate surface area is 229 Å². The molecule has 2 aliphatic rings. The summed E-state index contributed by atoms with van der Waals surface area (Å²) >= 11 is 0. The Morgan fingerprint density at radius 1 is 0.872 bits per heavy atom. The third-order valence-electron chi connectivity index (χ3n) is 7.43. The van der Waals surface area contributed by atoms with Crippen molar-refractivity contribution in [1.82, 2.24) is 0 Å². The van der Waals surface area contributed by atoms with Crippen LogP contribution in [-0.4, -0.2) is 37.8 Å². The van der Waals surface area contributed by atoms with E-state index in [4.69, 9.17) is 19.2 Å². The van der Waals surface area contributed by atoms with Crippen LogP contribution in [0, 0.1) is 5.92 Å². The van der Waals surface area contributed by atoms with Gasteiger partial charge in [0.05, 0.1) is 6.61 Å². The minimum Gasteiger partial charge on any atom is -0.489 e. The van der Waals surface area contributed by atoms with Gasteiger partial charge in [-0.25, -0.2) is 0 Å². The number of benzene rings is 3. The highest BCUT2D eigenvalue weighted by atomic mass is 16.6. The molecule has 6 nitrogen and oxygen atoms in total. The molecule has 1 aliphatic heterocycles. The molecule has 1 heterocycles. The fraction of sp³-hybridized carbons (Fsp3) is 0.303. The predicted molar refractivity (Wildman–Crippen MR) is 150 cm³/mol. The van der Waals surface area contributed by atoms with Gasteiger partial charge in [0.15, 0.2) is 5.78 Å². The van der Waals surface area contributed by atoms with Gasteiger partial charge in [-0.3, -0.25) is 14.6 Å². The van der Waals surface area contributed by atoms with Crippen LogP contribution in [0.5, 0.6) is 5.75 Å². The van der Waals surface area contributed by atoms with Crippen molar-refractivity contribution in [2.24, 2.45) is 10.9 Å². The SMILES string of the molecule is COCCOC(=O)C1C(C)=NC2=C(C(=O)C[C@H](c3ccccc3)C2)[C@@H]1c1ccc(OCc2ccccc2)cc1. The first-order valence-electron chi connectivity index (χ1n) is 13.3. The second-order valence-electron chi connectivity index (χ2n) is 10.0. The Morgan fingerprint density at radius 3 is 2.26 bits per heavy atom. The summed E-state index contributed by atoms with van der Waals surface area (Å²) in [6.07, 6.45) is 1.04. The van der Waals surface area contributed by atoms with Gasteiger partial charge in [0.1, 0.15) is 24.9 Å². The number of ether oxygens (including phenoxy) is 3. The molecule has 1 aliphatic carbocycles. The fourth-order valence-electron chi connectivity index (χ4n) is 5.51. The van der Waals surface area contributed by atoms with Gasteiger partial charge in [-0.2, -0.15) is 0 Å². The first-order valence-corrected chi connectivity index (χ1v) is 13.3. The van der Waals surface area contributed by atoms with Gasteiger partial charge in [0, 0.05) is 36.4 Å². The van der Waals surface area contributed by atoms with Crippen molar-refractivity contribution in [2.45, 2.75) is 38.2 Å². The Hall–Kier alpha value is -4.03. The maximum atomic E-state index is 13.7. The first-order chi connectivity index (χ1) is 19.0. The lowest BCUT2D eigenvalue weighted by atomic mass is 9.69. The number of nitrogens with zero attached hydrogens (tertiary/aromatic N) is 1. The highest BCUT2D eigenvalue weighted by molar-refractivity contribution is 6.09. The van der Waals surface area contributed by atoms with E-state index >= 15 is 0 Å². The van der Waals surface area contributed by atoms with Gasteiger partial charge < -0.3 is 14.2 Å². The third-order valence-corrected chi connectivity index (χ3v) is 7.43. The number of rotatable bonds is 9. The second-order valence-corrected chi connectivity index (χ2v) is 10.0. The van der Waals surface area contributed by atoms with Crippen molar-refractivity contribution in [3.8, 4) is 5.75 Å². The van der Waals surface area contributed by atoms with Crippen molar-refractivity contribution in [1.29, 1.82) is 0 Å². The van der Waals surface area contributed by atoms with Crippen molar-refractivity contribution in [3.63, 3.8) is 0 Å². The van der Waals surface area contributed by atoms with Gasteiger partial charge in [-0.15, -0.1) is 0 Å². The lowest BCUT2D eigenvalue weighted by Gasteiger charge is -2.36. The molecular formula is C33H33NO5. The number of hydrogen-bond donors (Lipinski definition) is 0. The van der Waals surface area contributed by atoms with Crippen LogP contribution in [0.3, 0.4) is 0 Å². The van der Waals surface area contributed by atoms with Crippen LogP contribution >= 0.6 is 0 Å². The van der Waals surface area contributed by atoms with Crippen LogP contribution in [0.2, 0.25) is 0 Å². The van der Waals surface area contributed by atoms with E-state index in [1.165, 1.54) is 0 Å². The van der Waals surface area contributed by atoms with Crippen molar-refractivity contribution in [3.05, 3.63) is 113 Å². The maximum absolute atomic E-state index is 13.7.